The van der Waals surface area contributed by atoms with Crippen molar-refractivity contribution in [1.82, 2.24) is 9.80 Å². The van der Waals surface area contributed by atoms with Crippen LogP contribution in [0.5, 0.6) is 0 Å². The molecule has 1 atom stereocenters. The van der Waals surface area contributed by atoms with Crippen LogP contribution in [0.25, 0.3) is 0 Å². The van der Waals surface area contributed by atoms with Crippen molar-refractivity contribution in [3.63, 3.8) is 0 Å². The highest BCUT2D eigenvalue weighted by atomic mass is 19.3. The highest BCUT2D eigenvalue weighted by molar-refractivity contribution is 5.77. The Balaban J connectivity index is 0.000000861. The molecule has 0 aromatic heterocycles. The number of carbonyl (C=O) groups excluding carboxylic acids is 1. The van der Waals surface area contributed by atoms with Gasteiger partial charge < -0.3 is 9.80 Å². The zero-order valence-corrected chi connectivity index (χ0v) is 12.3. The van der Waals surface area contributed by atoms with Gasteiger partial charge in [-0.15, -0.1) is 0 Å². The van der Waals surface area contributed by atoms with E-state index in [2.05, 4.69) is 11.8 Å². The third kappa shape index (κ3) is 5.05. The molecule has 0 bridgehead atoms. The Hall–Kier alpha value is -0.710. The summed E-state index contributed by atoms with van der Waals surface area (Å²) in [6.07, 6.45) is 2.81. The summed E-state index contributed by atoms with van der Waals surface area (Å²) in [4.78, 5) is 15.1. The van der Waals surface area contributed by atoms with Crippen molar-refractivity contribution in [1.29, 1.82) is 0 Å². The fourth-order valence-corrected chi connectivity index (χ4v) is 2.59. The lowest BCUT2D eigenvalue weighted by molar-refractivity contribution is -0.166. The van der Waals surface area contributed by atoms with Crippen LogP contribution in [0.3, 0.4) is 0 Å². The first-order chi connectivity index (χ1) is 8.96. The molecule has 2 saturated heterocycles. The minimum absolute atomic E-state index is 0.130. The van der Waals surface area contributed by atoms with Crippen LogP contribution in [0.1, 0.15) is 40.0 Å². The van der Waals surface area contributed by atoms with Gasteiger partial charge in [0.05, 0.1) is 13.1 Å². The summed E-state index contributed by atoms with van der Waals surface area (Å²) in [5.41, 5.74) is 0. The molecule has 2 heterocycles. The molecular weight excluding hydrogens is 250 g/mol. The summed E-state index contributed by atoms with van der Waals surface area (Å²) >= 11 is 0. The Morgan fingerprint density at radius 1 is 1.32 bits per heavy atom. The smallest absolute Gasteiger partial charge is 0.282 e. The normalized spacial score (nSPS) is 26.2. The Bertz CT molecular complexity index is 289. The number of alkyl halides is 2. The lowest BCUT2D eigenvalue weighted by Gasteiger charge is -2.39. The number of nitrogens with zero attached hydrogens (tertiary/aromatic N) is 2. The van der Waals surface area contributed by atoms with Crippen LogP contribution in [0.15, 0.2) is 0 Å². The number of likely N-dealkylation sites (tertiary alicyclic amines) is 2. The second kappa shape index (κ2) is 7.17. The molecular formula is C14H26F2N2O. The number of amides is 1. The van der Waals surface area contributed by atoms with Crippen LogP contribution in [-0.4, -0.2) is 54.4 Å². The molecule has 0 saturated carbocycles. The van der Waals surface area contributed by atoms with Crippen LogP contribution in [-0.2, 0) is 4.79 Å². The van der Waals surface area contributed by atoms with E-state index >= 15 is 0 Å². The summed E-state index contributed by atoms with van der Waals surface area (Å²) in [5, 5.41) is 0. The molecule has 112 valence electrons. The predicted octanol–water partition coefficient (Wildman–Crippen LogP) is 2.61. The maximum Gasteiger partial charge on any atom is 0.282 e. The molecule has 0 N–H and O–H groups in total. The molecule has 3 nitrogen and oxygen atoms in total. The van der Waals surface area contributed by atoms with Gasteiger partial charge in [-0.1, -0.05) is 20.8 Å². The number of halogens is 2. The molecule has 0 aromatic carbocycles. The Kier molecular flexibility index (Phi) is 6.17. The van der Waals surface area contributed by atoms with E-state index in [9.17, 15) is 13.6 Å². The summed E-state index contributed by atoms with van der Waals surface area (Å²) in [6, 6.07) is 0. The van der Waals surface area contributed by atoms with Crippen LogP contribution >= 0.6 is 0 Å². The SMILES string of the molecule is CC.C[C@@H]1CCCN(CCC(=O)N2CC(F)(F)C2)C1. The van der Waals surface area contributed by atoms with E-state index in [1.165, 1.54) is 17.7 Å². The first-order valence-corrected chi connectivity index (χ1v) is 7.34. The average Bonchev–Trinajstić information content (AvgIpc) is 2.35. The zero-order valence-electron chi connectivity index (χ0n) is 12.3. The molecule has 2 aliphatic rings. The summed E-state index contributed by atoms with van der Waals surface area (Å²) in [5.74, 6) is -2.09. The van der Waals surface area contributed by atoms with E-state index in [1.807, 2.05) is 13.8 Å². The van der Waals surface area contributed by atoms with Gasteiger partial charge >= 0.3 is 0 Å². The third-order valence-electron chi connectivity index (χ3n) is 3.58. The Labute approximate surface area is 114 Å². The van der Waals surface area contributed by atoms with Crippen molar-refractivity contribution in [2.24, 2.45) is 5.92 Å². The lowest BCUT2D eigenvalue weighted by Crippen LogP contribution is -2.58. The third-order valence-corrected chi connectivity index (χ3v) is 3.58. The van der Waals surface area contributed by atoms with Gasteiger partial charge in [-0.05, 0) is 25.3 Å². The number of rotatable bonds is 3. The second-order valence-electron chi connectivity index (χ2n) is 5.40. The largest absolute Gasteiger partial charge is 0.330 e. The maximum absolute atomic E-state index is 12.6. The monoisotopic (exact) mass is 276 g/mol. The second-order valence-corrected chi connectivity index (χ2v) is 5.40. The molecule has 5 heteroatoms. The van der Waals surface area contributed by atoms with Gasteiger partial charge in [-0.2, -0.15) is 0 Å². The standard InChI is InChI=1S/C12H20F2N2O.C2H6/c1-10-3-2-5-15(7-10)6-4-11(17)16-8-12(13,14)9-16;1-2/h10H,2-9H2,1H3;1-2H3/t10-;/m1./s1. The highest BCUT2D eigenvalue weighted by Gasteiger charge is 2.45. The summed E-state index contributed by atoms with van der Waals surface area (Å²) in [7, 11) is 0. The average molecular weight is 276 g/mol. The first kappa shape index (κ1) is 16.3. The molecule has 2 fully saturated rings. The van der Waals surface area contributed by atoms with Crippen molar-refractivity contribution >= 4 is 5.91 Å². The van der Waals surface area contributed by atoms with Crippen molar-refractivity contribution in [3.8, 4) is 0 Å². The van der Waals surface area contributed by atoms with E-state index in [0.717, 1.165) is 13.1 Å². The quantitative estimate of drug-likeness (QED) is 0.791. The minimum atomic E-state index is -2.64. The molecule has 0 aromatic rings. The van der Waals surface area contributed by atoms with E-state index in [-0.39, 0.29) is 19.0 Å². The highest BCUT2D eigenvalue weighted by Crippen LogP contribution is 2.27. The van der Waals surface area contributed by atoms with Crippen LogP contribution in [0.4, 0.5) is 8.78 Å². The number of hydrogen-bond donors (Lipinski definition) is 0. The molecule has 0 radical (unpaired) electrons. The molecule has 0 aliphatic carbocycles. The Morgan fingerprint density at radius 3 is 2.47 bits per heavy atom. The molecule has 2 rings (SSSR count). The van der Waals surface area contributed by atoms with Crippen molar-refractivity contribution in [2.75, 3.05) is 32.7 Å². The van der Waals surface area contributed by atoms with E-state index in [4.69, 9.17) is 0 Å². The lowest BCUT2D eigenvalue weighted by atomic mass is 10.00. The van der Waals surface area contributed by atoms with Crippen LogP contribution in [0.2, 0.25) is 0 Å². The molecule has 0 spiro atoms. The van der Waals surface area contributed by atoms with E-state index < -0.39 is 5.92 Å². The molecule has 0 unspecified atom stereocenters. The van der Waals surface area contributed by atoms with Crippen LogP contribution in [0, 0.1) is 5.92 Å². The fourth-order valence-electron chi connectivity index (χ4n) is 2.59. The number of hydrogen-bond acceptors (Lipinski definition) is 2. The van der Waals surface area contributed by atoms with Gasteiger partial charge in [-0.3, -0.25) is 4.79 Å². The van der Waals surface area contributed by atoms with E-state index in [0.29, 0.717) is 18.9 Å². The first-order valence-electron chi connectivity index (χ1n) is 7.34. The Morgan fingerprint density at radius 2 is 1.95 bits per heavy atom. The molecule has 19 heavy (non-hydrogen) atoms. The minimum Gasteiger partial charge on any atom is -0.330 e. The van der Waals surface area contributed by atoms with Gasteiger partial charge in [0.15, 0.2) is 0 Å². The number of piperidine rings is 1. The van der Waals surface area contributed by atoms with Gasteiger partial charge in [0.1, 0.15) is 0 Å². The molecule has 2 aliphatic heterocycles. The molecule has 1 amide bonds. The van der Waals surface area contributed by atoms with Gasteiger partial charge in [0.25, 0.3) is 5.92 Å². The summed E-state index contributed by atoms with van der Waals surface area (Å²) < 4.78 is 25.2. The van der Waals surface area contributed by atoms with E-state index in [1.54, 1.807) is 0 Å². The van der Waals surface area contributed by atoms with Gasteiger partial charge in [0.2, 0.25) is 5.91 Å². The van der Waals surface area contributed by atoms with Crippen molar-refractivity contribution in [2.45, 2.75) is 46.0 Å². The zero-order chi connectivity index (χ0) is 14.5. The van der Waals surface area contributed by atoms with Crippen molar-refractivity contribution < 1.29 is 13.6 Å². The number of carbonyl (C=O) groups is 1. The predicted molar refractivity (Wildman–Crippen MR) is 72.3 cm³/mol. The summed E-state index contributed by atoms with van der Waals surface area (Å²) in [6.45, 7) is 8.22. The van der Waals surface area contributed by atoms with Gasteiger partial charge in [0, 0.05) is 19.5 Å². The van der Waals surface area contributed by atoms with Gasteiger partial charge in [-0.25, -0.2) is 8.78 Å². The fraction of sp³-hybridized carbons (Fsp3) is 0.929. The van der Waals surface area contributed by atoms with Crippen LogP contribution < -0.4 is 0 Å². The van der Waals surface area contributed by atoms with Crippen molar-refractivity contribution in [3.05, 3.63) is 0 Å². The maximum atomic E-state index is 12.6. The topological polar surface area (TPSA) is 23.6 Å².